The highest BCUT2D eigenvalue weighted by atomic mass is 35.5. The first-order valence-corrected chi connectivity index (χ1v) is 8.13. The van der Waals surface area contributed by atoms with Crippen LogP contribution in [0.15, 0.2) is 23.1 Å². The molecule has 0 spiro atoms. The number of methoxy groups -OCH3 is 1. The van der Waals surface area contributed by atoms with Gasteiger partial charge in [-0.3, -0.25) is 4.79 Å². The lowest BCUT2D eigenvalue weighted by Gasteiger charge is -2.30. The average Bonchev–Trinajstić information content (AvgIpc) is 3.28. The topological polar surface area (TPSA) is 38.3 Å². The van der Waals surface area contributed by atoms with Crippen LogP contribution in [0.4, 0.5) is 0 Å². The van der Waals surface area contributed by atoms with E-state index in [0.717, 1.165) is 17.7 Å². The fourth-order valence-electron chi connectivity index (χ4n) is 2.26. The van der Waals surface area contributed by atoms with Crippen LogP contribution in [0.25, 0.3) is 0 Å². The first-order chi connectivity index (χ1) is 9.53. The van der Waals surface area contributed by atoms with Crippen molar-refractivity contribution in [1.82, 2.24) is 5.32 Å². The van der Waals surface area contributed by atoms with Gasteiger partial charge in [-0.1, -0.05) is 23.2 Å². The van der Waals surface area contributed by atoms with Crippen molar-refractivity contribution in [1.29, 1.82) is 0 Å². The van der Waals surface area contributed by atoms with Gasteiger partial charge in [-0.25, -0.2) is 0 Å². The summed E-state index contributed by atoms with van der Waals surface area (Å²) in [5.41, 5.74) is -0.648. The molecule has 0 aliphatic heterocycles. The zero-order valence-electron chi connectivity index (χ0n) is 11.4. The van der Waals surface area contributed by atoms with E-state index in [1.54, 1.807) is 19.2 Å². The Morgan fingerprint density at radius 1 is 1.50 bits per heavy atom. The average molecular weight is 334 g/mol. The van der Waals surface area contributed by atoms with Crippen LogP contribution >= 0.6 is 35.0 Å². The first-order valence-electron chi connectivity index (χ1n) is 6.38. The molecule has 0 amide bonds. The van der Waals surface area contributed by atoms with Crippen LogP contribution in [0, 0.1) is 5.92 Å². The molecule has 1 saturated carbocycles. The number of thioether (sulfide) groups is 1. The van der Waals surface area contributed by atoms with Crippen molar-refractivity contribution < 1.29 is 9.53 Å². The quantitative estimate of drug-likeness (QED) is 0.637. The van der Waals surface area contributed by atoms with Gasteiger partial charge >= 0.3 is 5.97 Å². The molecular weight excluding hydrogens is 317 g/mol. The number of likely N-dealkylation sites (N-methyl/N-ethyl adjacent to an activating group) is 1. The molecule has 1 aromatic rings. The molecule has 0 aromatic heterocycles. The monoisotopic (exact) mass is 333 g/mol. The van der Waals surface area contributed by atoms with Gasteiger partial charge in [-0.2, -0.15) is 0 Å². The molecule has 20 heavy (non-hydrogen) atoms. The molecule has 1 aliphatic carbocycles. The van der Waals surface area contributed by atoms with Crippen LogP contribution in [0.5, 0.6) is 0 Å². The molecule has 1 aliphatic rings. The summed E-state index contributed by atoms with van der Waals surface area (Å²) in [5.74, 6) is 0.680. The molecule has 1 aromatic carbocycles. The fraction of sp³-hybridized carbons (Fsp3) is 0.500. The van der Waals surface area contributed by atoms with Gasteiger partial charge in [0.1, 0.15) is 5.54 Å². The maximum atomic E-state index is 12.2. The third-order valence-electron chi connectivity index (χ3n) is 3.62. The Hall–Kier alpha value is -0.420. The molecule has 2 rings (SSSR count). The highest BCUT2D eigenvalue weighted by Crippen LogP contribution is 2.43. The van der Waals surface area contributed by atoms with Gasteiger partial charge in [-0.15, -0.1) is 11.8 Å². The standard InChI is InChI=1S/C14H17Cl2NO2S/c1-17-14(9-3-4-9,13(18)19-2)8-20-12-7-10(15)5-6-11(12)16/h5-7,9,17H,3-4,8H2,1-2H3. The number of carbonyl (C=O) groups is 1. The summed E-state index contributed by atoms with van der Waals surface area (Å²) >= 11 is 13.7. The molecule has 0 bridgehead atoms. The molecule has 0 radical (unpaired) electrons. The summed E-state index contributed by atoms with van der Waals surface area (Å²) in [6, 6.07) is 5.34. The van der Waals surface area contributed by atoms with Crippen LogP contribution < -0.4 is 5.32 Å². The van der Waals surface area contributed by atoms with Crippen molar-refractivity contribution in [3.05, 3.63) is 28.2 Å². The molecule has 0 heterocycles. The molecule has 110 valence electrons. The minimum Gasteiger partial charge on any atom is -0.468 e. The van der Waals surface area contributed by atoms with E-state index in [4.69, 9.17) is 27.9 Å². The highest BCUT2D eigenvalue weighted by molar-refractivity contribution is 7.99. The van der Waals surface area contributed by atoms with Crippen molar-refractivity contribution in [2.75, 3.05) is 19.9 Å². The first kappa shape index (κ1) is 16.0. The van der Waals surface area contributed by atoms with Crippen LogP contribution in [-0.4, -0.2) is 31.4 Å². The lowest BCUT2D eigenvalue weighted by Crippen LogP contribution is -2.55. The zero-order valence-corrected chi connectivity index (χ0v) is 13.7. The summed E-state index contributed by atoms with van der Waals surface area (Å²) in [5, 5.41) is 4.44. The molecule has 1 N–H and O–H groups in total. The summed E-state index contributed by atoms with van der Waals surface area (Å²) in [4.78, 5) is 13.0. The van der Waals surface area contributed by atoms with Gasteiger partial charge in [0.2, 0.25) is 0 Å². The van der Waals surface area contributed by atoms with E-state index in [9.17, 15) is 4.79 Å². The maximum Gasteiger partial charge on any atom is 0.327 e. The van der Waals surface area contributed by atoms with Crippen molar-refractivity contribution >= 4 is 40.9 Å². The number of ether oxygens (including phenoxy) is 1. The van der Waals surface area contributed by atoms with Gasteiger partial charge in [0.05, 0.1) is 12.1 Å². The van der Waals surface area contributed by atoms with Crippen LogP contribution in [0.2, 0.25) is 10.0 Å². The number of nitrogens with one attached hydrogen (secondary N) is 1. The number of esters is 1. The molecule has 3 nitrogen and oxygen atoms in total. The Morgan fingerprint density at radius 2 is 2.20 bits per heavy atom. The molecule has 0 saturated heterocycles. The number of benzene rings is 1. The summed E-state index contributed by atoms with van der Waals surface area (Å²) in [6.45, 7) is 0. The zero-order chi connectivity index (χ0) is 14.8. The maximum absolute atomic E-state index is 12.2. The third kappa shape index (κ3) is 3.25. The predicted molar refractivity (Wildman–Crippen MR) is 83.7 cm³/mol. The fourth-order valence-corrected chi connectivity index (χ4v) is 4.07. The minimum atomic E-state index is -0.648. The third-order valence-corrected chi connectivity index (χ3v) is 5.54. The SMILES string of the molecule is CNC(CSc1cc(Cl)ccc1Cl)(C(=O)OC)C1CC1. The summed E-state index contributed by atoms with van der Waals surface area (Å²) in [6.07, 6.45) is 2.08. The largest absolute Gasteiger partial charge is 0.468 e. The van der Waals surface area contributed by atoms with Crippen LogP contribution in [-0.2, 0) is 9.53 Å². The molecule has 1 unspecified atom stereocenters. The van der Waals surface area contributed by atoms with Gasteiger partial charge < -0.3 is 10.1 Å². The van der Waals surface area contributed by atoms with Gasteiger partial charge in [-0.05, 0) is 44.0 Å². The second-order valence-electron chi connectivity index (χ2n) is 4.85. The van der Waals surface area contributed by atoms with Crippen molar-refractivity contribution in [3.63, 3.8) is 0 Å². The van der Waals surface area contributed by atoms with E-state index in [1.807, 2.05) is 6.07 Å². The van der Waals surface area contributed by atoms with Crippen molar-refractivity contribution in [3.8, 4) is 0 Å². The van der Waals surface area contributed by atoms with Gasteiger partial charge in [0.25, 0.3) is 0 Å². The van der Waals surface area contributed by atoms with E-state index >= 15 is 0 Å². The predicted octanol–water partition coefficient (Wildman–Crippen LogP) is 3.63. The highest BCUT2D eigenvalue weighted by Gasteiger charge is 2.50. The van der Waals surface area contributed by atoms with Crippen molar-refractivity contribution in [2.45, 2.75) is 23.3 Å². The number of hydrogen-bond donors (Lipinski definition) is 1. The number of rotatable bonds is 6. The van der Waals surface area contributed by atoms with Crippen LogP contribution in [0.1, 0.15) is 12.8 Å². The van der Waals surface area contributed by atoms with Gasteiger partial charge in [0, 0.05) is 15.7 Å². The lowest BCUT2D eigenvalue weighted by atomic mass is 9.96. The van der Waals surface area contributed by atoms with Crippen molar-refractivity contribution in [2.24, 2.45) is 5.92 Å². The van der Waals surface area contributed by atoms with E-state index in [1.165, 1.54) is 18.9 Å². The Bertz CT molecular complexity index is 508. The normalized spacial score (nSPS) is 17.6. The Balaban J connectivity index is 2.16. The second kappa shape index (κ2) is 6.56. The summed E-state index contributed by atoms with van der Waals surface area (Å²) < 4.78 is 4.98. The molecule has 6 heteroatoms. The number of carbonyl (C=O) groups excluding carboxylic acids is 1. The number of halogens is 2. The molecule has 1 atom stereocenters. The Morgan fingerprint density at radius 3 is 2.75 bits per heavy atom. The molecular formula is C14H17Cl2NO2S. The van der Waals surface area contributed by atoms with Gasteiger partial charge in [0.15, 0.2) is 0 Å². The number of hydrogen-bond acceptors (Lipinski definition) is 4. The van der Waals surface area contributed by atoms with E-state index in [2.05, 4.69) is 5.32 Å². The van der Waals surface area contributed by atoms with E-state index in [-0.39, 0.29) is 5.97 Å². The van der Waals surface area contributed by atoms with Crippen LogP contribution in [0.3, 0.4) is 0 Å². The molecule has 1 fully saturated rings. The smallest absolute Gasteiger partial charge is 0.327 e. The van der Waals surface area contributed by atoms with E-state index in [0.29, 0.717) is 21.7 Å². The minimum absolute atomic E-state index is 0.215. The second-order valence-corrected chi connectivity index (χ2v) is 6.71. The Kier molecular flexibility index (Phi) is 5.24. The van der Waals surface area contributed by atoms with E-state index < -0.39 is 5.54 Å². The lowest BCUT2D eigenvalue weighted by molar-refractivity contribution is -0.148. The Labute approximate surface area is 133 Å². The summed E-state index contributed by atoms with van der Waals surface area (Å²) in [7, 11) is 3.23.